The number of nitrogens with one attached hydrogen (secondary N) is 1. The quantitative estimate of drug-likeness (QED) is 0.862. The maximum Gasteiger partial charge on any atom is 0.122 e. The lowest BCUT2D eigenvalue weighted by Crippen LogP contribution is -2.48. The van der Waals surface area contributed by atoms with Gasteiger partial charge in [-0.15, -0.1) is 0 Å². The van der Waals surface area contributed by atoms with E-state index in [1.54, 1.807) is 0 Å². The first-order chi connectivity index (χ1) is 9.72. The fourth-order valence-electron chi connectivity index (χ4n) is 2.85. The van der Waals surface area contributed by atoms with E-state index in [4.69, 9.17) is 4.42 Å². The summed E-state index contributed by atoms with van der Waals surface area (Å²) in [6.45, 7) is 11.1. The van der Waals surface area contributed by atoms with Crippen molar-refractivity contribution < 1.29 is 4.42 Å². The van der Waals surface area contributed by atoms with Crippen LogP contribution in [0.2, 0.25) is 0 Å². The molecule has 4 nitrogen and oxygen atoms in total. The molecule has 1 aliphatic heterocycles. The third-order valence-corrected chi connectivity index (χ3v) is 4.50. The third kappa shape index (κ3) is 3.62. The number of furan rings is 1. The summed E-state index contributed by atoms with van der Waals surface area (Å²) in [6.07, 6.45) is 4.51. The van der Waals surface area contributed by atoms with Gasteiger partial charge in [0, 0.05) is 50.4 Å². The van der Waals surface area contributed by atoms with Crippen LogP contribution in [0.15, 0.2) is 16.7 Å². The molecule has 0 aromatic carbocycles. The third-order valence-electron chi connectivity index (χ3n) is 4.50. The standard InChI is InChI=1S/C16H27N3O/c1-13(2)19-8-6-18(7-9-19)12-16-14(5-10-20-16)11-17-15-3-4-15/h5,10,13,15,17H,3-4,6-9,11-12H2,1-2H3. The van der Waals surface area contributed by atoms with E-state index in [1.165, 1.54) is 31.5 Å². The number of nitrogens with zero attached hydrogens (tertiary/aromatic N) is 2. The predicted molar refractivity (Wildman–Crippen MR) is 80.6 cm³/mol. The van der Waals surface area contributed by atoms with Crippen LogP contribution in [0.4, 0.5) is 0 Å². The van der Waals surface area contributed by atoms with Crippen LogP contribution in [0.1, 0.15) is 38.0 Å². The van der Waals surface area contributed by atoms with Gasteiger partial charge in [0.15, 0.2) is 0 Å². The first-order valence-electron chi connectivity index (χ1n) is 7.97. The van der Waals surface area contributed by atoms with Crippen LogP contribution in [0.3, 0.4) is 0 Å². The van der Waals surface area contributed by atoms with E-state index in [9.17, 15) is 0 Å². The van der Waals surface area contributed by atoms with Crippen molar-refractivity contribution in [3.63, 3.8) is 0 Å². The molecule has 4 heteroatoms. The highest BCUT2D eigenvalue weighted by Crippen LogP contribution is 2.21. The monoisotopic (exact) mass is 277 g/mol. The van der Waals surface area contributed by atoms with Crippen LogP contribution < -0.4 is 5.32 Å². The van der Waals surface area contributed by atoms with E-state index in [0.717, 1.165) is 38.0 Å². The van der Waals surface area contributed by atoms with Gasteiger partial charge in [-0.3, -0.25) is 9.80 Å². The Morgan fingerprint density at radius 2 is 2.00 bits per heavy atom. The SMILES string of the molecule is CC(C)N1CCN(Cc2occc2CNC2CC2)CC1. The molecule has 1 saturated carbocycles. The Labute approximate surface area is 122 Å². The molecule has 1 saturated heterocycles. The summed E-state index contributed by atoms with van der Waals surface area (Å²) in [4.78, 5) is 5.06. The summed E-state index contributed by atoms with van der Waals surface area (Å²) in [7, 11) is 0. The number of hydrogen-bond acceptors (Lipinski definition) is 4. The Hall–Kier alpha value is -0.840. The number of rotatable bonds is 6. The number of piperazine rings is 1. The highest BCUT2D eigenvalue weighted by atomic mass is 16.3. The van der Waals surface area contributed by atoms with Crippen LogP contribution in [-0.4, -0.2) is 48.1 Å². The maximum atomic E-state index is 5.70. The molecule has 0 radical (unpaired) electrons. The van der Waals surface area contributed by atoms with Crippen molar-refractivity contribution in [2.45, 2.75) is 51.9 Å². The van der Waals surface area contributed by atoms with Gasteiger partial charge in [0.1, 0.15) is 5.76 Å². The zero-order chi connectivity index (χ0) is 13.9. The van der Waals surface area contributed by atoms with E-state index < -0.39 is 0 Å². The normalized spacial score (nSPS) is 21.8. The van der Waals surface area contributed by atoms with Crippen molar-refractivity contribution in [3.05, 3.63) is 23.7 Å². The summed E-state index contributed by atoms with van der Waals surface area (Å²) in [5, 5.41) is 3.57. The molecule has 2 aliphatic rings. The summed E-state index contributed by atoms with van der Waals surface area (Å²) < 4.78 is 5.70. The maximum absolute atomic E-state index is 5.70. The fraction of sp³-hybridized carbons (Fsp3) is 0.750. The molecular weight excluding hydrogens is 250 g/mol. The van der Waals surface area contributed by atoms with Gasteiger partial charge in [0.2, 0.25) is 0 Å². The summed E-state index contributed by atoms with van der Waals surface area (Å²) >= 11 is 0. The van der Waals surface area contributed by atoms with Crippen LogP contribution in [-0.2, 0) is 13.1 Å². The molecule has 0 amide bonds. The van der Waals surface area contributed by atoms with Gasteiger partial charge in [-0.05, 0) is 32.8 Å². The van der Waals surface area contributed by atoms with Crippen LogP contribution in [0.5, 0.6) is 0 Å². The van der Waals surface area contributed by atoms with Gasteiger partial charge in [-0.2, -0.15) is 0 Å². The molecule has 1 N–H and O–H groups in total. The Morgan fingerprint density at radius 3 is 2.65 bits per heavy atom. The Balaban J connectivity index is 1.49. The van der Waals surface area contributed by atoms with Crippen LogP contribution in [0.25, 0.3) is 0 Å². The van der Waals surface area contributed by atoms with E-state index in [-0.39, 0.29) is 0 Å². The molecule has 1 aromatic rings. The zero-order valence-corrected chi connectivity index (χ0v) is 12.8. The highest BCUT2D eigenvalue weighted by molar-refractivity contribution is 5.17. The molecule has 1 aromatic heterocycles. The van der Waals surface area contributed by atoms with Crippen molar-refractivity contribution in [3.8, 4) is 0 Å². The van der Waals surface area contributed by atoms with Gasteiger partial charge < -0.3 is 9.73 Å². The molecule has 0 atom stereocenters. The number of hydrogen-bond donors (Lipinski definition) is 1. The highest BCUT2D eigenvalue weighted by Gasteiger charge is 2.23. The molecule has 3 rings (SSSR count). The zero-order valence-electron chi connectivity index (χ0n) is 12.8. The second-order valence-electron chi connectivity index (χ2n) is 6.43. The van der Waals surface area contributed by atoms with E-state index in [1.807, 2.05) is 6.26 Å². The molecule has 1 aliphatic carbocycles. The molecule has 0 bridgehead atoms. The molecule has 0 spiro atoms. The van der Waals surface area contributed by atoms with E-state index in [0.29, 0.717) is 6.04 Å². The molecule has 2 fully saturated rings. The van der Waals surface area contributed by atoms with Gasteiger partial charge in [0.05, 0.1) is 12.8 Å². The first kappa shape index (κ1) is 14.1. The lowest BCUT2D eigenvalue weighted by atomic mass is 10.2. The van der Waals surface area contributed by atoms with Crippen LogP contribution in [0, 0.1) is 0 Å². The van der Waals surface area contributed by atoms with Crippen LogP contribution >= 0.6 is 0 Å². The largest absolute Gasteiger partial charge is 0.468 e. The molecular formula is C16H27N3O. The van der Waals surface area contributed by atoms with Gasteiger partial charge >= 0.3 is 0 Å². The van der Waals surface area contributed by atoms with Crippen molar-refractivity contribution in [2.75, 3.05) is 26.2 Å². The molecule has 112 valence electrons. The van der Waals surface area contributed by atoms with Crippen molar-refractivity contribution in [2.24, 2.45) is 0 Å². The fourth-order valence-corrected chi connectivity index (χ4v) is 2.85. The molecule has 0 unspecified atom stereocenters. The second kappa shape index (κ2) is 6.29. The van der Waals surface area contributed by atoms with Gasteiger partial charge in [0.25, 0.3) is 0 Å². The Bertz CT molecular complexity index is 417. The molecule has 20 heavy (non-hydrogen) atoms. The lowest BCUT2D eigenvalue weighted by Gasteiger charge is -2.36. The summed E-state index contributed by atoms with van der Waals surface area (Å²) in [5.41, 5.74) is 1.34. The van der Waals surface area contributed by atoms with Gasteiger partial charge in [-0.25, -0.2) is 0 Å². The smallest absolute Gasteiger partial charge is 0.122 e. The minimum atomic E-state index is 0.666. The average molecular weight is 277 g/mol. The van der Waals surface area contributed by atoms with Crippen molar-refractivity contribution in [1.29, 1.82) is 0 Å². The lowest BCUT2D eigenvalue weighted by molar-refractivity contribution is 0.0987. The minimum absolute atomic E-state index is 0.666. The van der Waals surface area contributed by atoms with E-state index in [2.05, 4.69) is 35.0 Å². The molecule has 2 heterocycles. The summed E-state index contributed by atoms with van der Waals surface area (Å²) in [5.74, 6) is 1.15. The summed E-state index contributed by atoms with van der Waals surface area (Å²) in [6, 6.07) is 3.54. The van der Waals surface area contributed by atoms with E-state index >= 15 is 0 Å². The topological polar surface area (TPSA) is 31.6 Å². The second-order valence-corrected chi connectivity index (χ2v) is 6.43. The van der Waals surface area contributed by atoms with Crippen molar-refractivity contribution in [1.82, 2.24) is 15.1 Å². The Kier molecular flexibility index (Phi) is 4.44. The predicted octanol–water partition coefficient (Wildman–Crippen LogP) is 2.06. The van der Waals surface area contributed by atoms with Crippen molar-refractivity contribution >= 4 is 0 Å². The first-order valence-corrected chi connectivity index (χ1v) is 7.97. The Morgan fingerprint density at radius 1 is 1.25 bits per heavy atom. The van der Waals surface area contributed by atoms with Gasteiger partial charge in [-0.1, -0.05) is 0 Å². The minimum Gasteiger partial charge on any atom is -0.468 e. The average Bonchev–Trinajstić information content (AvgIpc) is 3.18.